The van der Waals surface area contributed by atoms with E-state index < -0.39 is 0 Å². The second kappa shape index (κ2) is 7.04. The lowest BCUT2D eigenvalue weighted by Crippen LogP contribution is -2.44. The molecule has 112 valence electrons. The predicted molar refractivity (Wildman–Crippen MR) is 83.1 cm³/mol. The third kappa shape index (κ3) is 4.18. The van der Waals surface area contributed by atoms with E-state index in [-0.39, 0.29) is 0 Å². The minimum atomic E-state index is 0.398. The highest BCUT2D eigenvalue weighted by Crippen LogP contribution is 2.19. The van der Waals surface area contributed by atoms with Crippen LogP contribution in [0.25, 0.3) is 0 Å². The van der Waals surface area contributed by atoms with Gasteiger partial charge in [0.1, 0.15) is 5.82 Å². The fourth-order valence-electron chi connectivity index (χ4n) is 2.54. The number of nitrogens with one attached hydrogen (secondary N) is 1. The van der Waals surface area contributed by atoms with E-state index in [1.165, 1.54) is 5.56 Å². The van der Waals surface area contributed by atoms with Gasteiger partial charge in [0.2, 0.25) is 0 Å². The van der Waals surface area contributed by atoms with Gasteiger partial charge in [-0.15, -0.1) is 0 Å². The first-order valence-corrected chi connectivity index (χ1v) is 7.59. The minimum Gasteiger partial charge on any atom is -0.377 e. The molecule has 1 aliphatic heterocycles. The molecule has 0 aliphatic carbocycles. The molecule has 4 heteroatoms. The summed E-state index contributed by atoms with van der Waals surface area (Å²) < 4.78 is 5.50. The molecule has 20 heavy (non-hydrogen) atoms. The van der Waals surface area contributed by atoms with Crippen molar-refractivity contribution in [2.75, 3.05) is 31.2 Å². The Morgan fingerprint density at radius 3 is 2.95 bits per heavy atom. The quantitative estimate of drug-likeness (QED) is 0.896. The summed E-state index contributed by atoms with van der Waals surface area (Å²) in [6.45, 7) is 13.2. The largest absolute Gasteiger partial charge is 0.377 e. The van der Waals surface area contributed by atoms with E-state index in [0.717, 1.165) is 44.4 Å². The molecular formula is C16H27N3O. The number of ether oxygens (including phenoxy) is 1. The first-order chi connectivity index (χ1) is 9.56. The SMILES string of the molecule is Cc1cc(CNCC(C)C)cc(N2CCOCC2C)n1. The summed E-state index contributed by atoms with van der Waals surface area (Å²) in [5.74, 6) is 1.76. The van der Waals surface area contributed by atoms with Crippen molar-refractivity contribution in [3.8, 4) is 0 Å². The van der Waals surface area contributed by atoms with Crippen LogP contribution in [0.3, 0.4) is 0 Å². The lowest BCUT2D eigenvalue weighted by molar-refractivity contribution is 0.0985. The maximum Gasteiger partial charge on any atom is 0.129 e. The molecule has 2 rings (SSSR count). The first kappa shape index (κ1) is 15.3. The van der Waals surface area contributed by atoms with E-state index >= 15 is 0 Å². The molecule has 1 aliphatic rings. The second-order valence-corrected chi connectivity index (χ2v) is 6.12. The minimum absolute atomic E-state index is 0.398. The number of pyridine rings is 1. The van der Waals surface area contributed by atoms with Gasteiger partial charge in [-0.05, 0) is 44.0 Å². The summed E-state index contributed by atoms with van der Waals surface area (Å²) in [6, 6.07) is 4.78. The number of aromatic nitrogens is 1. The zero-order valence-corrected chi connectivity index (χ0v) is 13.1. The first-order valence-electron chi connectivity index (χ1n) is 7.59. The van der Waals surface area contributed by atoms with Gasteiger partial charge in [0.15, 0.2) is 0 Å². The van der Waals surface area contributed by atoms with Crippen molar-refractivity contribution in [1.82, 2.24) is 10.3 Å². The van der Waals surface area contributed by atoms with Crippen molar-refractivity contribution in [3.05, 3.63) is 23.4 Å². The number of rotatable bonds is 5. The highest BCUT2D eigenvalue weighted by Gasteiger charge is 2.20. The van der Waals surface area contributed by atoms with Gasteiger partial charge in [0, 0.05) is 18.8 Å². The number of hydrogen-bond acceptors (Lipinski definition) is 4. The molecule has 0 aromatic carbocycles. The van der Waals surface area contributed by atoms with Crippen molar-refractivity contribution >= 4 is 5.82 Å². The molecule has 1 N–H and O–H groups in total. The number of anilines is 1. The maximum absolute atomic E-state index is 5.50. The maximum atomic E-state index is 5.50. The fraction of sp³-hybridized carbons (Fsp3) is 0.688. The molecule has 0 bridgehead atoms. The van der Waals surface area contributed by atoms with E-state index in [1.54, 1.807) is 0 Å². The summed E-state index contributed by atoms with van der Waals surface area (Å²) in [5.41, 5.74) is 2.40. The van der Waals surface area contributed by atoms with Crippen LogP contribution in [0, 0.1) is 12.8 Å². The van der Waals surface area contributed by atoms with Gasteiger partial charge in [0.25, 0.3) is 0 Å². The summed E-state index contributed by atoms with van der Waals surface area (Å²) in [4.78, 5) is 7.04. The lowest BCUT2D eigenvalue weighted by Gasteiger charge is -2.34. The zero-order chi connectivity index (χ0) is 14.5. The Labute approximate surface area is 122 Å². The summed E-state index contributed by atoms with van der Waals surface area (Å²) >= 11 is 0. The molecule has 1 aromatic heterocycles. The Morgan fingerprint density at radius 1 is 1.45 bits per heavy atom. The summed E-state index contributed by atoms with van der Waals surface area (Å²) in [7, 11) is 0. The average molecular weight is 277 g/mol. The van der Waals surface area contributed by atoms with Crippen molar-refractivity contribution in [2.45, 2.75) is 40.3 Å². The van der Waals surface area contributed by atoms with Gasteiger partial charge in [-0.2, -0.15) is 0 Å². The van der Waals surface area contributed by atoms with Gasteiger partial charge in [-0.1, -0.05) is 13.8 Å². The van der Waals surface area contributed by atoms with E-state index in [4.69, 9.17) is 9.72 Å². The average Bonchev–Trinajstić information content (AvgIpc) is 2.38. The van der Waals surface area contributed by atoms with Crippen LogP contribution in [-0.2, 0) is 11.3 Å². The Morgan fingerprint density at radius 2 is 2.25 bits per heavy atom. The number of aryl methyl sites for hydroxylation is 1. The molecular weight excluding hydrogens is 250 g/mol. The van der Waals surface area contributed by atoms with Crippen molar-refractivity contribution in [2.24, 2.45) is 5.92 Å². The number of nitrogens with zero attached hydrogens (tertiary/aromatic N) is 2. The fourth-order valence-corrected chi connectivity index (χ4v) is 2.54. The molecule has 1 fully saturated rings. The third-order valence-electron chi connectivity index (χ3n) is 3.54. The third-order valence-corrected chi connectivity index (χ3v) is 3.54. The van der Waals surface area contributed by atoms with Crippen molar-refractivity contribution in [3.63, 3.8) is 0 Å². The van der Waals surface area contributed by atoms with Crippen LogP contribution < -0.4 is 10.2 Å². The van der Waals surface area contributed by atoms with Crippen LogP contribution in [0.5, 0.6) is 0 Å². The molecule has 0 amide bonds. The predicted octanol–water partition coefficient (Wildman–Crippen LogP) is 2.36. The van der Waals surface area contributed by atoms with Crippen LogP contribution in [-0.4, -0.2) is 37.3 Å². The van der Waals surface area contributed by atoms with Crippen LogP contribution >= 0.6 is 0 Å². The highest BCUT2D eigenvalue weighted by atomic mass is 16.5. The molecule has 2 heterocycles. The van der Waals surface area contributed by atoms with E-state index in [9.17, 15) is 0 Å². The van der Waals surface area contributed by atoms with Gasteiger partial charge >= 0.3 is 0 Å². The van der Waals surface area contributed by atoms with Gasteiger partial charge in [-0.3, -0.25) is 0 Å². The van der Waals surface area contributed by atoms with Crippen molar-refractivity contribution < 1.29 is 4.74 Å². The van der Waals surface area contributed by atoms with E-state index in [1.807, 2.05) is 0 Å². The molecule has 1 atom stereocenters. The molecule has 1 aromatic rings. The van der Waals surface area contributed by atoms with Gasteiger partial charge in [-0.25, -0.2) is 4.98 Å². The lowest BCUT2D eigenvalue weighted by atomic mass is 10.1. The molecule has 1 unspecified atom stereocenters. The van der Waals surface area contributed by atoms with Crippen LogP contribution in [0.2, 0.25) is 0 Å². The summed E-state index contributed by atoms with van der Waals surface area (Å²) in [6.07, 6.45) is 0. The number of hydrogen-bond donors (Lipinski definition) is 1. The standard InChI is InChI=1S/C16H27N3O/c1-12(2)9-17-10-15-7-13(3)18-16(8-15)19-5-6-20-11-14(19)4/h7-8,12,14,17H,5-6,9-11H2,1-4H3. The van der Waals surface area contributed by atoms with Gasteiger partial charge in [0.05, 0.1) is 19.3 Å². The smallest absolute Gasteiger partial charge is 0.129 e. The molecule has 0 radical (unpaired) electrons. The van der Waals surface area contributed by atoms with Gasteiger partial charge < -0.3 is 15.0 Å². The van der Waals surface area contributed by atoms with Crippen LogP contribution in [0.1, 0.15) is 32.0 Å². The highest BCUT2D eigenvalue weighted by molar-refractivity contribution is 5.44. The topological polar surface area (TPSA) is 37.4 Å². The molecule has 4 nitrogen and oxygen atoms in total. The molecule has 1 saturated heterocycles. The molecule has 0 saturated carbocycles. The Bertz CT molecular complexity index is 434. The van der Waals surface area contributed by atoms with Crippen molar-refractivity contribution in [1.29, 1.82) is 0 Å². The Balaban J connectivity index is 2.07. The second-order valence-electron chi connectivity index (χ2n) is 6.12. The zero-order valence-electron chi connectivity index (χ0n) is 13.1. The normalized spacial score (nSPS) is 19.6. The van der Waals surface area contributed by atoms with E-state index in [0.29, 0.717) is 12.0 Å². The Kier molecular flexibility index (Phi) is 5.38. The van der Waals surface area contributed by atoms with Crippen LogP contribution in [0.4, 0.5) is 5.82 Å². The van der Waals surface area contributed by atoms with E-state index in [2.05, 4.69) is 50.0 Å². The molecule has 0 spiro atoms. The summed E-state index contributed by atoms with van der Waals surface area (Å²) in [5, 5.41) is 3.50. The monoisotopic (exact) mass is 277 g/mol. The number of morpholine rings is 1. The Hall–Kier alpha value is -1.13. The van der Waals surface area contributed by atoms with Crippen LogP contribution in [0.15, 0.2) is 12.1 Å².